The zero-order chi connectivity index (χ0) is 12.3. The summed E-state index contributed by atoms with van der Waals surface area (Å²) >= 11 is 0. The van der Waals surface area contributed by atoms with Crippen molar-refractivity contribution in [3.63, 3.8) is 0 Å². The Bertz CT molecular complexity index is 509. The molecule has 2 rings (SSSR count). The second kappa shape index (κ2) is 4.78. The monoisotopic (exact) mass is 237 g/mol. The van der Waals surface area contributed by atoms with E-state index in [0.717, 1.165) is 0 Å². The SMILES string of the molecule is O=C(c1cc[nH]c1)c1cccc(OC(F)F)c1. The fraction of sp³-hybridized carbons (Fsp3) is 0.0833. The minimum atomic E-state index is -2.90. The van der Waals surface area contributed by atoms with Crippen molar-refractivity contribution in [2.75, 3.05) is 0 Å². The molecule has 0 aliphatic heterocycles. The van der Waals surface area contributed by atoms with Crippen LogP contribution in [0.3, 0.4) is 0 Å². The van der Waals surface area contributed by atoms with Gasteiger partial charge in [-0.05, 0) is 18.2 Å². The summed E-state index contributed by atoms with van der Waals surface area (Å²) in [6.45, 7) is -2.90. The predicted molar refractivity (Wildman–Crippen MR) is 57.3 cm³/mol. The number of hydrogen-bond donors (Lipinski definition) is 1. The van der Waals surface area contributed by atoms with E-state index < -0.39 is 6.61 Å². The normalized spacial score (nSPS) is 10.5. The lowest BCUT2D eigenvalue weighted by molar-refractivity contribution is -0.0498. The number of aromatic amines is 1. The number of halogens is 2. The summed E-state index contributed by atoms with van der Waals surface area (Å²) in [5.74, 6) is -0.271. The van der Waals surface area contributed by atoms with Gasteiger partial charge >= 0.3 is 6.61 Å². The van der Waals surface area contributed by atoms with Crippen LogP contribution < -0.4 is 4.74 Å². The fourth-order valence-corrected chi connectivity index (χ4v) is 1.45. The number of carbonyl (C=O) groups is 1. The van der Waals surface area contributed by atoms with Gasteiger partial charge in [0.15, 0.2) is 5.78 Å². The minimum absolute atomic E-state index is 0.0265. The number of nitrogens with one attached hydrogen (secondary N) is 1. The first kappa shape index (κ1) is 11.3. The number of benzene rings is 1. The fourth-order valence-electron chi connectivity index (χ4n) is 1.45. The van der Waals surface area contributed by atoms with Crippen LogP contribution in [-0.2, 0) is 0 Å². The average Bonchev–Trinajstić information content (AvgIpc) is 2.81. The highest BCUT2D eigenvalue weighted by molar-refractivity contribution is 6.09. The number of hydrogen-bond acceptors (Lipinski definition) is 2. The molecule has 0 saturated heterocycles. The van der Waals surface area contributed by atoms with Crippen molar-refractivity contribution in [2.45, 2.75) is 6.61 Å². The average molecular weight is 237 g/mol. The maximum absolute atomic E-state index is 12.0. The van der Waals surface area contributed by atoms with Gasteiger partial charge in [0.1, 0.15) is 5.75 Å². The summed E-state index contributed by atoms with van der Waals surface area (Å²) in [7, 11) is 0. The first-order chi connectivity index (χ1) is 8.16. The van der Waals surface area contributed by atoms with Crippen LogP contribution in [0, 0.1) is 0 Å². The van der Waals surface area contributed by atoms with Crippen LogP contribution in [0.2, 0.25) is 0 Å². The van der Waals surface area contributed by atoms with Gasteiger partial charge in [-0.2, -0.15) is 8.78 Å². The minimum Gasteiger partial charge on any atom is -0.435 e. The molecule has 0 aliphatic carbocycles. The van der Waals surface area contributed by atoms with Crippen LogP contribution in [0.5, 0.6) is 5.75 Å². The predicted octanol–water partition coefficient (Wildman–Crippen LogP) is 2.85. The molecule has 2 aromatic rings. The van der Waals surface area contributed by atoms with E-state index in [0.29, 0.717) is 11.1 Å². The van der Waals surface area contributed by atoms with Crippen LogP contribution in [0.25, 0.3) is 0 Å². The number of aromatic nitrogens is 1. The van der Waals surface area contributed by atoms with Gasteiger partial charge in [0, 0.05) is 23.5 Å². The Hall–Kier alpha value is -2.17. The van der Waals surface area contributed by atoms with Crippen LogP contribution in [0.1, 0.15) is 15.9 Å². The molecular weight excluding hydrogens is 228 g/mol. The number of H-pyrrole nitrogens is 1. The van der Waals surface area contributed by atoms with Gasteiger partial charge < -0.3 is 9.72 Å². The van der Waals surface area contributed by atoms with Crippen LogP contribution in [0.4, 0.5) is 8.78 Å². The second-order valence-electron chi connectivity index (χ2n) is 3.34. The first-order valence-electron chi connectivity index (χ1n) is 4.89. The Labute approximate surface area is 96.0 Å². The molecule has 0 atom stereocenters. The summed E-state index contributed by atoms with van der Waals surface area (Å²) in [4.78, 5) is 14.6. The van der Waals surface area contributed by atoms with Crippen molar-refractivity contribution in [3.8, 4) is 5.75 Å². The summed E-state index contributed by atoms with van der Waals surface area (Å²) in [6, 6.07) is 7.33. The number of ether oxygens (including phenoxy) is 1. The van der Waals surface area contributed by atoms with Gasteiger partial charge in [-0.25, -0.2) is 0 Å². The lowest BCUT2D eigenvalue weighted by atomic mass is 10.1. The summed E-state index contributed by atoms with van der Waals surface area (Å²) in [6.07, 6.45) is 3.16. The third kappa shape index (κ3) is 2.69. The highest BCUT2D eigenvalue weighted by atomic mass is 19.3. The van der Waals surface area contributed by atoms with Gasteiger partial charge in [-0.1, -0.05) is 12.1 Å². The van der Waals surface area contributed by atoms with Crippen molar-refractivity contribution in [1.29, 1.82) is 0 Å². The molecule has 5 heteroatoms. The standard InChI is InChI=1S/C12H9F2NO2/c13-12(14)17-10-3-1-2-8(6-10)11(16)9-4-5-15-7-9/h1-7,12,15H. The molecule has 0 aliphatic rings. The maximum Gasteiger partial charge on any atom is 0.387 e. The molecule has 1 aromatic heterocycles. The molecule has 17 heavy (non-hydrogen) atoms. The topological polar surface area (TPSA) is 42.1 Å². The smallest absolute Gasteiger partial charge is 0.387 e. The molecular formula is C12H9F2NO2. The van der Waals surface area contributed by atoms with E-state index >= 15 is 0 Å². The van der Waals surface area contributed by atoms with Crippen LogP contribution in [0.15, 0.2) is 42.7 Å². The quantitative estimate of drug-likeness (QED) is 0.831. The Morgan fingerprint density at radius 2 is 2.06 bits per heavy atom. The van der Waals surface area contributed by atoms with Gasteiger partial charge in [0.25, 0.3) is 0 Å². The Morgan fingerprint density at radius 1 is 1.24 bits per heavy atom. The van der Waals surface area contributed by atoms with Crippen molar-refractivity contribution < 1.29 is 18.3 Å². The molecule has 0 amide bonds. The summed E-state index contributed by atoms with van der Waals surface area (Å²) in [5.41, 5.74) is 0.780. The van der Waals surface area contributed by atoms with E-state index in [4.69, 9.17) is 0 Å². The zero-order valence-corrected chi connectivity index (χ0v) is 8.69. The van der Waals surface area contributed by atoms with Gasteiger partial charge in [0.05, 0.1) is 0 Å². The third-order valence-electron chi connectivity index (χ3n) is 2.18. The number of carbonyl (C=O) groups excluding carboxylic acids is 1. The largest absolute Gasteiger partial charge is 0.435 e. The third-order valence-corrected chi connectivity index (χ3v) is 2.18. The lowest BCUT2D eigenvalue weighted by Gasteiger charge is -2.05. The molecule has 0 spiro atoms. The van der Waals surface area contributed by atoms with Crippen molar-refractivity contribution in [3.05, 3.63) is 53.9 Å². The Kier molecular flexibility index (Phi) is 3.18. The molecule has 1 N–H and O–H groups in total. The summed E-state index contributed by atoms with van der Waals surface area (Å²) < 4.78 is 28.3. The number of alkyl halides is 2. The van der Waals surface area contributed by atoms with E-state index in [2.05, 4.69) is 9.72 Å². The van der Waals surface area contributed by atoms with E-state index in [1.807, 2.05) is 0 Å². The lowest BCUT2D eigenvalue weighted by Crippen LogP contribution is -2.04. The zero-order valence-electron chi connectivity index (χ0n) is 8.69. The van der Waals surface area contributed by atoms with E-state index in [-0.39, 0.29) is 11.5 Å². The van der Waals surface area contributed by atoms with E-state index in [1.165, 1.54) is 18.2 Å². The molecule has 3 nitrogen and oxygen atoms in total. The molecule has 0 radical (unpaired) electrons. The van der Waals surface area contributed by atoms with Crippen molar-refractivity contribution in [1.82, 2.24) is 4.98 Å². The van der Waals surface area contributed by atoms with Crippen LogP contribution in [-0.4, -0.2) is 17.4 Å². The van der Waals surface area contributed by atoms with Gasteiger partial charge in [-0.3, -0.25) is 4.79 Å². The van der Waals surface area contributed by atoms with Crippen molar-refractivity contribution >= 4 is 5.78 Å². The highest BCUT2D eigenvalue weighted by Gasteiger charge is 2.11. The highest BCUT2D eigenvalue weighted by Crippen LogP contribution is 2.18. The van der Waals surface area contributed by atoms with Crippen molar-refractivity contribution in [2.24, 2.45) is 0 Å². The summed E-state index contributed by atoms with van der Waals surface area (Å²) in [5, 5.41) is 0. The Balaban J connectivity index is 2.24. The molecule has 0 unspecified atom stereocenters. The number of ketones is 1. The van der Waals surface area contributed by atoms with Crippen LogP contribution >= 0.6 is 0 Å². The molecule has 0 saturated carbocycles. The molecule has 0 fully saturated rings. The van der Waals surface area contributed by atoms with Gasteiger partial charge in [-0.15, -0.1) is 0 Å². The van der Waals surface area contributed by atoms with Gasteiger partial charge in [0.2, 0.25) is 0 Å². The molecule has 0 bridgehead atoms. The first-order valence-corrected chi connectivity index (χ1v) is 4.89. The number of rotatable bonds is 4. The second-order valence-corrected chi connectivity index (χ2v) is 3.34. The molecule has 1 heterocycles. The maximum atomic E-state index is 12.0. The molecule has 1 aromatic carbocycles. The van der Waals surface area contributed by atoms with E-state index in [1.54, 1.807) is 24.5 Å². The Morgan fingerprint density at radius 3 is 2.71 bits per heavy atom. The molecule has 88 valence electrons. The van der Waals surface area contributed by atoms with E-state index in [9.17, 15) is 13.6 Å².